The third-order valence-corrected chi connectivity index (χ3v) is 10.7. The van der Waals surface area contributed by atoms with E-state index in [2.05, 4.69) is 58.4 Å². The van der Waals surface area contributed by atoms with Crippen LogP contribution in [0.2, 0.25) is 0 Å². The fraction of sp³-hybridized carbons (Fsp3) is 0.562. The Morgan fingerprint density at radius 3 is 1.52 bits per heavy atom. The molecule has 0 radical (unpaired) electrons. The molecule has 8 nitrogen and oxygen atoms in total. The Kier molecular flexibility index (Phi) is 5.93. The van der Waals surface area contributed by atoms with Crippen LogP contribution in [0.3, 0.4) is 0 Å². The maximum absolute atomic E-state index is 12.1. The second kappa shape index (κ2) is 8.30. The summed E-state index contributed by atoms with van der Waals surface area (Å²) in [6.45, 7) is 13.0. The molecule has 0 aromatic heterocycles. The van der Waals surface area contributed by atoms with Crippen molar-refractivity contribution in [3.63, 3.8) is 0 Å². The first-order valence-corrected chi connectivity index (χ1v) is 14.0. The molecule has 8 heteroatoms. The molecule has 2 aromatic rings. The fourth-order valence-electron chi connectivity index (χ4n) is 7.10. The molecule has 5 rings (SSSR count). The van der Waals surface area contributed by atoms with E-state index in [0.29, 0.717) is 11.3 Å². The number of anilines is 4. The predicted octanol–water partition coefficient (Wildman–Crippen LogP) is 3.90. The van der Waals surface area contributed by atoms with Crippen molar-refractivity contribution in [3.05, 3.63) is 52.3 Å². The smallest absolute Gasteiger partial charge is 0.236 e. The molecule has 0 bridgehead atoms. The molecule has 0 saturated carbocycles. The van der Waals surface area contributed by atoms with Gasteiger partial charge in [0.05, 0.1) is 5.57 Å². The van der Waals surface area contributed by atoms with Crippen LogP contribution in [0.25, 0.3) is 5.57 Å². The van der Waals surface area contributed by atoms with Crippen LogP contribution in [0.5, 0.6) is 0 Å². The molecule has 2 heterocycles. The van der Waals surface area contributed by atoms with Crippen molar-refractivity contribution < 1.29 is 20.4 Å². The number of benzene rings is 2. The molecular formula is C32H46N4O4. The van der Waals surface area contributed by atoms with Gasteiger partial charge in [0.2, 0.25) is 11.4 Å². The monoisotopic (exact) mass is 550 g/mol. The van der Waals surface area contributed by atoms with Crippen LogP contribution in [0.1, 0.15) is 63.8 Å². The van der Waals surface area contributed by atoms with E-state index in [9.17, 15) is 20.4 Å². The quantitative estimate of drug-likeness (QED) is 0.426. The number of fused-ring (bicyclic) bond motifs is 2. The highest BCUT2D eigenvalue weighted by Gasteiger charge is 2.68. The molecule has 2 aliphatic heterocycles. The molecular weight excluding hydrogens is 504 g/mol. The SMILES string of the molecule is CC1N(C)c2cc(N(C)C)c(C3=C(O)C(O)(c4cc5c(cc4N(C)C)N(C)C(C)C5(C)C)C3(O)O)cc2C1(C)C. The van der Waals surface area contributed by atoms with Gasteiger partial charge in [-0.15, -0.1) is 0 Å². The van der Waals surface area contributed by atoms with Gasteiger partial charge in [-0.1, -0.05) is 27.7 Å². The average molecular weight is 551 g/mol. The molecule has 3 atom stereocenters. The number of likely N-dealkylation sites (N-methyl/N-ethyl adjacent to an activating group) is 2. The minimum Gasteiger partial charge on any atom is -0.508 e. The van der Waals surface area contributed by atoms with Gasteiger partial charge in [-0.2, -0.15) is 0 Å². The van der Waals surface area contributed by atoms with E-state index in [1.807, 2.05) is 69.3 Å². The van der Waals surface area contributed by atoms with E-state index >= 15 is 0 Å². The third kappa shape index (κ3) is 3.24. The summed E-state index contributed by atoms with van der Waals surface area (Å²) in [6, 6.07) is 8.20. The van der Waals surface area contributed by atoms with Crippen LogP contribution < -0.4 is 19.6 Å². The molecule has 3 unspecified atom stereocenters. The minimum atomic E-state index is -2.74. The zero-order chi connectivity index (χ0) is 30.1. The standard InChI is InChI=1S/C32H46N4O4/c1-17-29(3,4)20-13-19(23(33(7)8)15-25(20)35(17)11)27-28(37)31(38,32(27,39)40)22-14-21-26(16-24(22)34(9)10)36(12)18(2)30(21,5)6/h13-18,37-40H,1-12H3. The fourth-order valence-corrected chi connectivity index (χ4v) is 7.10. The highest BCUT2D eigenvalue weighted by atomic mass is 16.5. The van der Waals surface area contributed by atoms with E-state index in [0.717, 1.165) is 28.2 Å². The van der Waals surface area contributed by atoms with Gasteiger partial charge in [0.1, 0.15) is 5.76 Å². The van der Waals surface area contributed by atoms with Crippen molar-refractivity contribution in [2.24, 2.45) is 0 Å². The summed E-state index contributed by atoms with van der Waals surface area (Å²) in [7, 11) is 11.6. The summed E-state index contributed by atoms with van der Waals surface area (Å²) < 4.78 is 0. The van der Waals surface area contributed by atoms with Gasteiger partial charge in [-0.05, 0) is 49.2 Å². The lowest BCUT2D eigenvalue weighted by molar-refractivity contribution is -0.258. The molecule has 0 amide bonds. The van der Waals surface area contributed by atoms with Crippen LogP contribution >= 0.6 is 0 Å². The van der Waals surface area contributed by atoms with Crippen molar-refractivity contribution in [2.75, 3.05) is 61.9 Å². The lowest BCUT2D eigenvalue weighted by Crippen LogP contribution is -2.62. The van der Waals surface area contributed by atoms with Crippen LogP contribution in [0, 0.1) is 0 Å². The number of aliphatic hydroxyl groups is 4. The Morgan fingerprint density at radius 1 is 0.675 bits per heavy atom. The van der Waals surface area contributed by atoms with E-state index in [-0.39, 0.29) is 34.1 Å². The van der Waals surface area contributed by atoms with Gasteiger partial charge in [0.25, 0.3) is 0 Å². The second-order valence-corrected chi connectivity index (χ2v) is 13.7. The summed E-state index contributed by atoms with van der Waals surface area (Å²) in [4.78, 5) is 8.17. The zero-order valence-electron chi connectivity index (χ0n) is 26.0. The number of hydrogen-bond acceptors (Lipinski definition) is 8. The lowest BCUT2D eigenvalue weighted by Gasteiger charge is -2.51. The van der Waals surface area contributed by atoms with Crippen LogP contribution in [-0.4, -0.2) is 80.6 Å². The topological polar surface area (TPSA) is 93.9 Å². The first-order chi connectivity index (χ1) is 18.2. The zero-order valence-corrected chi connectivity index (χ0v) is 26.0. The number of nitrogens with zero attached hydrogens (tertiary/aromatic N) is 4. The van der Waals surface area contributed by atoms with Crippen molar-refractivity contribution in [3.8, 4) is 0 Å². The first-order valence-electron chi connectivity index (χ1n) is 14.0. The molecule has 40 heavy (non-hydrogen) atoms. The largest absolute Gasteiger partial charge is 0.508 e. The molecule has 218 valence electrons. The Balaban J connectivity index is 1.77. The van der Waals surface area contributed by atoms with Gasteiger partial charge in [-0.25, -0.2) is 0 Å². The molecule has 3 aliphatic rings. The predicted molar refractivity (Wildman–Crippen MR) is 164 cm³/mol. The summed E-state index contributed by atoms with van der Waals surface area (Å²) >= 11 is 0. The second-order valence-electron chi connectivity index (χ2n) is 13.7. The minimum absolute atomic E-state index is 0.0746. The summed E-state index contributed by atoms with van der Waals surface area (Å²) in [5.74, 6) is -3.19. The Bertz CT molecular complexity index is 1440. The molecule has 0 spiro atoms. The highest BCUT2D eigenvalue weighted by Crippen LogP contribution is 2.61. The Morgan fingerprint density at radius 2 is 1.10 bits per heavy atom. The van der Waals surface area contributed by atoms with E-state index in [4.69, 9.17) is 0 Å². The van der Waals surface area contributed by atoms with Gasteiger partial charge >= 0.3 is 0 Å². The van der Waals surface area contributed by atoms with E-state index in [1.54, 1.807) is 0 Å². The number of rotatable bonds is 4. The first kappa shape index (κ1) is 28.6. The van der Waals surface area contributed by atoms with Crippen LogP contribution in [0.4, 0.5) is 22.7 Å². The molecule has 0 fully saturated rings. The Labute approximate surface area is 238 Å². The van der Waals surface area contributed by atoms with Gasteiger partial charge in [0.15, 0.2) is 0 Å². The third-order valence-electron chi connectivity index (χ3n) is 10.7. The molecule has 4 N–H and O–H groups in total. The average Bonchev–Trinajstić information content (AvgIpc) is 3.15. The van der Waals surface area contributed by atoms with Crippen molar-refractivity contribution in [2.45, 2.75) is 75.8 Å². The van der Waals surface area contributed by atoms with E-state index in [1.165, 1.54) is 0 Å². The summed E-state index contributed by atoms with van der Waals surface area (Å²) in [6.07, 6.45) is 0. The number of hydrogen-bond donors (Lipinski definition) is 4. The summed E-state index contributed by atoms with van der Waals surface area (Å²) in [5.41, 5.74) is 3.26. The van der Waals surface area contributed by atoms with Crippen molar-refractivity contribution >= 4 is 28.3 Å². The van der Waals surface area contributed by atoms with Crippen molar-refractivity contribution in [1.82, 2.24) is 0 Å². The van der Waals surface area contributed by atoms with Crippen LogP contribution in [-0.2, 0) is 16.4 Å². The lowest BCUT2D eigenvalue weighted by atomic mass is 9.64. The van der Waals surface area contributed by atoms with E-state index < -0.39 is 17.1 Å². The Hall–Kier alpha value is -2.94. The van der Waals surface area contributed by atoms with Gasteiger partial charge < -0.3 is 40.0 Å². The molecule has 1 aliphatic carbocycles. The van der Waals surface area contributed by atoms with Crippen molar-refractivity contribution in [1.29, 1.82) is 0 Å². The van der Waals surface area contributed by atoms with Gasteiger partial charge in [-0.3, -0.25) is 0 Å². The molecule has 0 saturated heterocycles. The normalized spacial score (nSPS) is 27.5. The van der Waals surface area contributed by atoms with Crippen LogP contribution in [0.15, 0.2) is 30.0 Å². The highest BCUT2D eigenvalue weighted by molar-refractivity contribution is 5.92. The maximum atomic E-state index is 12.1. The van der Waals surface area contributed by atoms with Gasteiger partial charge in [0, 0.05) is 99.1 Å². The molecule has 2 aromatic carbocycles. The maximum Gasteiger partial charge on any atom is 0.236 e. The number of aliphatic hydroxyl groups excluding tert-OH is 1. The summed E-state index contributed by atoms with van der Waals surface area (Å²) in [5, 5.41) is 47.4.